The second kappa shape index (κ2) is 7.42. The van der Waals surface area contributed by atoms with E-state index in [1.165, 1.54) is 19.6 Å². The molecule has 1 aromatic heterocycles. The van der Waals surface area contributed by atoms with Gasteiger partial charge in [0.15, 0.2) is 17.5 Å². The predicted molar refractivity (Wildman–Crippen MR) is 137 cm³/mol. The van der Waals surface area contributed by atoms with Crippen molar-refractivity contribution in [1.29, 1.82) is 0 Å². The van der Waals surface area contributed by atoms with E-state index in [0.717, 1.165) is 0 Å². The number of aliphatic hydroxyl groups is 2. The molecule has 41 heavy (non-hydrogen) atoms. The minimum Gasteiger partial charge on any atom is -0.472 e. The molecule has 0 radical (unpaired) electrons. The maximum atomic E-state index is 14.1. The molecule has 4 heterocycles. The molecule has 0 amide bonds. The van der Waals surface area contributed by atoms with Crippen LogP contribution >= 0.6 is 0 Å². The third-order valence-electron chi connectivity index (χ3n) is 12.5. The van der Waals surface area contributed by atoms with Crippen LogP contribution in [0.25, 0.3) is 0 Å². The van der Waals surface area contributed by atoms with Crippen molar-refractivity contribution in [3.8, 4) is 0 Å². The molecule has 11 atom stereocenters. The van der Waals surface area contributed by atoms with E-state index in [2.05, 4.69) is 0 Å². The molecule has 224 valence electrons. The van der Waals surface area contributed by atoms with Gasteiger partial charge in [0.1, 0.15) is 23.1 Å². The lowest BCUT2D eigenvalue weighted by Crippen LogP contribution is -2.93. The van der Waals surface area contributed by atoms with Crippen molar-refractivity contribution in [1.82, 2.24) is 0 Å². The average Bonchev–Trinajstić information content (AvgIpc) is 3.60. The molecule has 6 fully saturated rings. The zero-order valence-corrected chi connectivity index (χ0v) is 24.4. The van der Waals surface area contributed by atoms with Crippen molar-refractivity contribution >= 4 is 17.7 Å². The third-order valence-corrected chi connectivity index (χ3v) is 12.5. The van der Waals surface area contributed by atoms with Crippen LogP contribution in [0.4, 0.5) is 0 Å². The van der Waals surface area contributed by atoms with Crippen molar-refractivity contribution in [2.75, 3.05) is 7.11 Å². The van der Waals surface area contributed by atoms with Crippen molar-refractivity contribution in [3.05, 3.63) is 24.2 Å². The SMILES string of the molecule is CCC12OC3(C)OC14C(C(C)(C)C(=O)c1ccoc1)CC(=O)OC4C1(O)C(O)C4(C)CC1(O3)C2(C)C4CC(=O)OC. The Balaban J connectivity index is 1.55. The number of esters is 2. The van der Waals surface area contributed by atoms with Gasteiger partial charge in [0.2, 0.25) is 0 Å². The Bertz CT molecular complexity index is 1370. The maximum absolute atomic E-state index is 14.1. The first-order valence-electron chi connectivity index (χ1n) is 14.4. The summed E-state index contributed by atoms with van der Waals surface area (Å²) in [4.78, 5) is 40.4. The fraction of sp³-hybridized carbons (Fsp3) is 0.767. The van der Waals surface area contributed by atoms with E-state index in [-0.39, 0.29) is 25.0 Å². The van der Waals surface area contributed by atoms with Gasteiger partial charge in [-0.15, -0.1) is 0 Å². The number of ether oxygens (including phenoxy) is 5. The number of fused-ring (bicyclic) bond motifs is 3. The average molecular weight is 575 g/mol. The highest BCUT2D eigenvalue weighted by atomic mass is 16.9. The van der Waals surface area contributed by atoms with Gasteiger partial charge in [-0.05, 0) is 24.8 Å². The van der Waals surface area contributed by atoms with Crippen LogP contribution in [0.3, 0.4) is 0 Å². The number of ketones is 1. The molecular weight excluding hydrogens is 536 g/mol. The van der Waals surface area contributed by atoms with Gasteiger partial charge >= 0.3 is 11.9 Å². The summed E-state index contributed by atoms with van der Waals surface area (Å²) in [7, 11) is 1.31. The number of carbonyl (C=O) groups excluding carboxylic acids is 3. The van der Waals surface area contributed by atoms with E-state index in [4.69, 9.17) is 28.1 Å². The Labute approximate surface area is 237 Å². The number of Topliss-reactive ketones (excluding diaryl/α,β-unsaturated/α-hetero) is 1. The Hall–Kier alpha value is -2.31. The summed E-state index contributed by atoms with van der Waals surface area (Å²) >= 11 is 0. The van der Waals surface area contributed by atoms with Crippen LogP contribution in [0.2, 0.25) is 0 Å². The first-order chi connectivity index (χ1) is 19.0. The molecule has 7 rings (SSSR count). The smallest absolute Gasteiger partial charge is 0.306 e. The molecule has 3 aliphatic heterocycles. The van der Waals surface area contributed by atoms with E-state index in [0.29, 0.717) is 12.0 Å². The molecule has 3 saturated carbocycles. The minimum absolute atomic E-state index is 0.0634. The summed E-state index contributed by atoms with van der Waals surface area (Å²) in [6.07, 6.45) is 0.109. The zero-order chi connectivity index (χ0) is 29.8. The normalized spacial score (nSPS) is 52.4. The Morgan fingerprint density at radius 2 is 1.88 bits per heavy atom. The quantitative estimate of drug-likeness (QED) is 0.381. The molecule has 11 nitrogen and oxygen atoms in total. The molecule has 0 aromatic carbocycles. The molecule has 11 unspecified atom stereocenters. The van der Waals surface area contributed by atoms with E-state index in [1.54, 1.807) is 26.8 Å². The third kappa shape index (κ3) is 2.46. The second-order valence-electron chi connectivity index (χ2n) is 14.1. The van der Waals surface area contributed by atoms with E-state index in [1.807, 2.05) is 20.8 Å². The first-order valence-corrected chi connectivity index (χ1v) is 14.4. The molecule has 11 heteroatoms. The van der Waals surface area contributed by atoms with Gasteiger partial charge in [-0.2, -0.15) is 0 Å². The Morgan fingerprint density at radius 1 is 1.17 bits per heavy atom. The fourth-order valence-electron chi connectivity index (χ4n) is 11.1. The standard InChI is InChI=1S/C30H38O11/c1-8-27-25(5)17(12-18(31)36-7)24(4)14-28(25)29(35,21(24)34)22-30(27,41-26(6,39-27)40-28)16(11-19(32)38-22)23(2,3)20(33)15-9-10-37-13-15/h9-10,13,16-17,21-22,34-35H,8,11-12,14H2,1-7H3. The van der Waals surface area contributed by atoms with Crippen LogP contribution in [0.5, 0.6) is 0 Å². The second-order valence-corrected chi connectivity index (χ2v) is 14.1. The number of rotatable bonds is 6. The molecule has 2 N–H and O–H groups in total. The Morgan fingerprint density at radius 3 is 2.49 bits per heavy atom. The summed E-state index contributed by atoms with van der Waals surface area (Å²) in [5, 5.41) is 25.1. The summed E-state index contributed by atoms with van der Waals surface area (Å²) < 4.78 is 36.9. The highest BCUT2D eigenvalue weighted by Crippen LogP contribution is 2.88. The molecular formula is C30H38O11. The number of hydrogen-bond acceptors (Lipinski definition) is 11. The monoisotopic (exact) mass is 574 g/mol. The number of furan rings is 1. The highest BCUT2D eigenvalue weighted by molar-refractivity contribution is 6.00. The number of hydrogen-bond donors (Lipinski definition) is 2. The van der Waals surface area contributed by atoms with E-state index in [9.17, 15) is 24.6 Å². The first kappa shape index (κ1) is 27.5. The number of methoxy groups -OCH3 is 1. The van der Waals surface area contributed by atoms with E-state index >= 15 is 0 Å². The van der Waals surface area contributed by atoms with Crippen LogP contribution in [0.15, 0.2) is 23.0 Å². The van der Waals surface area contributed by atoms with Gasteiger partial charge in [0, 0.05) is 35.5 Å². The predicted octanol–water partition coefficient (Wildman–Crippen LogP) is 2.51. The van der Waals surface area contributed by atoms with Crippen LogP contribution < -0.4 is 0 Å². The lowest BCUT2D eigenvalue weighted by Gasteiger charge is -2.75. The van der Waals surface area contributed by atoms with Crippen molar-refractivity contribution in [3.63, 3.8) is 0 Å². The van der Waals surface area contributed by atoms with Gasteiger partial charge in [0.05, 0.1) is 31.5 Å². The molecule has 4 bridgehead atoms. The zero-order valence-electron chi connectivity index (χ0n) is 24.4. The van der Waals surface area contributed by atoms with Crippen LogP contribution in [-0.2, 0) is 33.3 Å². The number of carbonyl (C=O) groups is 3. The topological polar surface area (TPSA) is 151 Å². The van der Waals surface area contributed by atoms with Crippen LogP contribution in [-0.4, -0.2) is 75.6 Å². The van der Waals surface area contributed by atoms with E-state index < -0.39 is 80.6 Å². The fourth-order valence-corrected chi connectivity index (χ4v) is 11.1. The maximum Gasteiger partial charge on any atom is 0.306 e. The summed E-state index contributed by atoms with van der Waals surface area (Å²) in [5.74, 6) is -4.53. The minimum atomic E-state index is -2.13. The molecule has 2 spiro atoms. The molecule has 1 aromatic rings. The van der Waals surface area contributed by atoms with Crippen LogP contribution in [0, 0.1) is 28.1 Å². The molecule has 3 aliphatic carbocycles. The molecule has 6 aliphatic rings. The number of aliphatic hydroxyl groups excluding tert-OH is 1. The lowest BCUT2D eigenvalue weighted by molar-refractivity contribution is -0.475. The van der Waals surface area contributed by atoms with Gasteiger partial charge in [0.25, 0.3) is 5.97 Å². The summed E-state index contributed by atoms with van der Waals surface area (Å²) in [5.41, 5.74) is -9.70. The van der Waals surface area contributed by atoms with Gasteiger partial charge < -0.3 is 38.3 Å². The summed E-state index contributed by atoms with van der Waals surface area (Å²) in [6, 6.07) is 1.57. The lowest BCUT2D eigenvalue weighted by atomic mass is 9.36. The van der Waals surface area contributed by atoms with Gasteiger partial charge in [-0.25, -0.2) is 0 Å². The Kier molecular flexibility index (Phi) is 4.98. The van der Waals surface area contributed by atoms with Crippen molar-refractivity contribution in [2.24, 2.45) is 28.1 Å². The van der Waals surface area contributed by atoms with Crippen molar-refractivity contribution < 1.29 is 52.7 Å². The summed E-state index contributed by atoms with van der Waals surface area (Å²) in [6.45, 7) is 10.8. The van der Waals surface area contributed by atoms with Gasteiger partial charge in [-0.3, -0.25) is 14.4 Å². The molecule has 3 saturated heterocycles. The largest absolute Gasteiger partial charge is 0.472 e. The van der Waals surface area contributed by atoms with Crippen molar-refractivity contribution in [2.45, 2.75) is 108 Å². The van der Waals surface area contributed by atoms with Gasteiger partial charge in [-0.1, -0.05) is 34.6 Å². The van der Waals surface area contributed by atoms with Crippen LogP contribution in [0.1, 0.15) is 77.6 Å². The highest BCUT2D eigenvalue weighted by Gasteiger charge is 3.02.